The van der Waals surface area contributed by atoms with Gasteiger partial charge in [0.25, 0.3) is 5.91 Å². The molecule has 0 aliphatic carbocycles. The Balaban J connectivity index is 1.30. The van der Waals surface area contributed by atoms with Crippen LogP contribution < -0.4 is 19.7 Å². The van der Waals surface area contributed by atoms with Crippen LogP contribution in [0.1, 0.15) is 6.42 Å². The number of hydrogen-bond acceptors (Lipinski definition) is 5. The summed E-state index contributed by atoms with van der Waals surface area (Å²) in [5.41, 5.74) is 0.675. The molecule has 156 valence electrons. The molecule has 3 rings (SSSR count). The Bertz CT molecular complexity index is 794. The number of benzene rings is 2. The Morgan fingerprint density at radius 1 is 1.03 bits per heavy atom. The minimum atomic E-state index is -0.168. The van der Waals surface area contributed by atoms with Gasteiger partial charge in [0.15, 0.2) is 18.1 Å². The standard InChI is InChI=1S/C22H28FN3O3/c1-28-20-9-4-5-10-21(20)29-17-22(27)24-11-6-12-25-13-15-26(16-14-25)19-8-3-2-7-18(19)23/h2-5,7-10H,6,11-17H2,1H3,(H,24,27). The zero-order chi connectivity index (χ0) is 20.5. The lowest BCUT2D eigenvalue weighted by Crippen LogP contribution is -2.47. The largest absolute Gasteiger partial charge is 0.493 e. The number of carbonyl (C=O) groups is 1. The van der Waals surface area contributed by atoms with Crippen molar-refractivity contribution < 1.29 is 18.7 Å². The first-order chi connectivity index (χ1) is 14.2. The van der Waals surface area contributed by atoms with Gasteiger partial charge in [-0.15, -0.1) is 0 Å². The van der Waals surface area contributed by atoms with E-state index in [1.807, 2.05) is 24.3 Å². The molecule has 1 aliphatic rings. The third kappa shape index (κ3) is 6.09. The highest BCUT2D eigenvalue weighted by atomic mass is 19.1. The van der Waals surface area contributed by atoms with E-state index in [0.717, 1.165) is 39.1 Å². The summed E-state index contributed by atoms with van der Waals surface area (Å²) >= 11 is 0. The first kappa shape index (κ1) is 20.9. The molecule has 1 heterocycles. The number of rotatable bonds is 9. The summed E-state index contributed by atoms with van der Waals surface area (Å²) in [5.74, 6) is 0.840. The predicted octanol–water partition coefficient (Wildman–Crippen LogP) is 2.54. The van der Waals surface area contributed by atoms with E-state index >= 15 is 0 Å². The number of para-hydroxylation sites is 3. The maximum atomic E-state index is 13.9. The lowest BCUT2D eigenvalue weighted by molar-refractivity contribution is -0.123. The van der Waals surface area contributed by atoms with Crippen molar-refractivity contribution in [3.8, 4) is 11.5 Å². The van der Waals surface area contributed by atoms with Crippen molar-refractivity contribution in [2.45, 2.75) is 6.42 Å². The minimum absolute atomic E-state index is 0.0400. The van der Waals surface area contributed by atoms with Crippen molar-refractivity contribution in [2.75, 3.05) is 57.9 Å². The fourth-order valence-corrected chi connectivity index (χ4v) is 3.38. The first-order valence-corrected chi connectivity index (χ1v) is 9.91. The van der Waals surface area contributed by atoms with Gasteiger partial charge in [-0.05, 0) is 37.2 Å². The molecule has 1 N–H and O–H groups in total. The molecule has 0 spiro atoms. The van der Waals surface area contributed by atoms with Crippen LogP contribution in [-0.4, -0.2) is 63.8 Å². The molecule has 0 saturated carbocycles. The normalized spacial score (nSPS) is 14.5. The van der Waals surface area contributed by atoms with Gasteiger partial charge < -0.3 is 19.7 Å². The second-order valence-corrected chi connectivity index (χ2v) is 6.92. The fourth-order valence-electron chi connectivity index (χ4n) is 3.38. The Kier molecular flexibility index (Phi) is 7.69. The van der Waals surface area contributed by atoms with Gasteiger partial charge in [-0.1, -0.05) is 24.3 Å². The molecule has 1 amide bonds. The van der Waals surface area contributed by atoms with Crippen molar-refractivity contribution in [3.63, 3.8) is 0 Å². The lowest BCUT2D eigenvalue weighted by Gasteiger charge is -2.36. The van der Waals surface area contributed by atoms with Gasteiger partial charge in [0.1, 0.15) is 5.82 Å². The number of methoxy groups -OCH3 is 1. The highest BCUT2D eigenvalue weighted by Gasteiger charge is 2.18. The van der Waals surface area contributed by atoms with Gasteiger partial charge in [0.2, 0.25) is 0 Å². The van der Waals surface area contributed by atoms with Crippen molar-refractivity contribution in [1.29, 1.82) is 0 Å². The molecule has 2 aromatic carbocycles. The minimum Gasteiger partial charge on any atom is -0.493 e. The Morgan fingerprint density at radius 3 is 2.45 bits per heavy atom. The smallest absolute Gasteiger partial charge is 0.257 e. The van der Waals surface area contributed by atoms with E-state index in [4.69, 9.17) is 9.47 Å². The van der Waals surface area contributed by atoms with Crippen LogP contribution in [0.5, 0.6) is 11.5 Å². The number of carbonyl (C=O) groups excluding carboxylic acids is 1. The van der Waals surface area contributed by atoms with Gasteiger partial charge in [-0.2, -0.15) is 0 Å². The maximum Gasteiger partial charge on any atom is 0.257 e. The van der Waals surface area contributed by atoms with Crippen LogP contribution in [0.25, 0.3) is 0 Å². The van der Waals surface area contributed by atoms with Crippen LogP contribution in [0.3, 0.4) is 0 Å². The molecule has 0 unspecified atom stereocenters. The molecule has 0 radical (unpaired) electrons. The predicted molar refractivity (Wildman–Crippen MR) is 111 cm³/mol. The summed E-state index contributed by atoms with van der Waals surface area (Å²) in [4.78, 5) is 16.4. The van der Waals surface area contributed by atoms with Gasteiger partial charge in [-0.3, -0.25) is 9.69 Å². The molecular formula is C22H28FN3O3. The van der Waals surface area contributed by atoms with E-state index < -0.39 is 0 Å². The van der Waals surface area contributed by atoms with E-state index in [0.29, 0.717) is 23.7 Å². The number of amides is 1. The van der Waals surface area contributed by atoms with Crippen LogP contribution in [0.15, 0.2) is 48.5 Å². The molecule has 2 aromatic rings. The Morgan fingerprint density at radius 2 is 1.72 bits per heavy atom. The molecule has 1 aliphatic heterocycles. The number of ether oxygens (including phenoxy) is 2. The average Bonchev–Trinajstić information content (AvgIpc) is 2.76. The lowest BCUT2D eigenvalue weighted by atomic mass is 10.2. The zero-order valence-corrected chi connectivity index (χ0v) is 16.8. The van der Waals surface area contributed by atoms with Gasteiger partial charge in [-0.25, -0.2) is 4.39 Å². The van der Waals surface area contributed by atoms with Crippen LogP contribution in [0.2, 0.25) is 0 Å². The van der Waals surface area contributed by atoms with Gasteiger partial charge in [0, 0.05) is 32.7 Å². The summed E-state index contributed by atoms with van der Waals surface area (Å²) in [6.07, 6.45) is 0.861. The summed E-state index contributed by atoms with van der Waals surface area (Å²) < 4.78 is 24.6. The highest BCUT2D eigenvalue weighted by molar-refractivity contribution is 5.77. The molecule has 0 bridgehead atoms. The molecule has 1 saturated heterocycles. The van der Waals surface area contributed by atoms with Crippen molar-refractivity contribution in [3.05, 3.63) is 54.3 Å². The molecule has 29 heavy (non-hydrogen) atoms. The number of nitrogens with zero attached hydrogens (tertiary/aromatic N) is 2. The van der Waals surface area contributed by atoms with Gasteiger partial charge in [0.05, 0.1) is 12.8 Å². The highest BCUT2D eigenvalue weighted by Crippen LogP contribution is 2.25. The molecule has 0 atom stereocenters. The summed E-state index contributed by atoms with van der Waals surface area (Å²) in [6, 6.07) is 14.2. The first-order valence-electron chi connectivity index (χ1n) is 9.91. The Hall–Kier alpha value is -2.80. The van der Waals surface area contributed by atoms with E-state index in [-0.39, 0.29) is 18.3 Å². The summed E-state index contributed by atoms with van der Waals surface area (Å²) in [6.45, 7) is 4.85. The number of hydrogen-bond donors (Lipinski definition) is 1. The number of anilines is 1. The van der Waals surface area contributed by atoms with Crippen LogP contribution in [0.4, 0.5) is 10.1 Å². The topological polar surface area (TPSA) is 54.0 Å². The van der Waals surface area contributed by atoms with E-state index in [1.54, 1.807) is 25.3 Å². The second kappa shape index (κ2) is 10.7. The van der Waals surface area contributed by atoms with E-state index in [2.05, 4.69) is 15.1 Å². The molecule has 1 fully saturated rings. The van der Waals surface area contributed by atoms with Gasteiger partial charge >= 0.3 is 0 Å². The monoisotopic (exact) mass is 401 g/mol. The number of nitrogens with one attached hydrogen (secondary N) is 1. The maximum absolute atomic E-state index is 13.9. The molecule has 6 nitrogen and oxygen atoms in total. The zero-order valence-electron chi connectivity index (χ0n) is 16.8. The third-order valence-corrected chi connectivity index (χ3v) is 4.97. The van der Waals surface area contributed by atoms with Crippen LogP contribution in [-0.2, 0) is 4.79 Å². The average molecular weight is 401 g/mol. The number of halogens is 1. The quantitative estimate of drug-likeness (QED) is 0.655. The van der Waals surface area contributed by atoms with E-state index in [9.17, 15) is 9.18 Å². The van der Waals surface area contributed by atoms with Crippen molar-refractivity contribution in [1.82, 2.24) is 10.2 Å². The Labute approximate surface area is 171 Å². The van der Waals surface area contributed by atoms with Crippen LogP contribution >= 0.6 is 0 Å². The molecule has 0 aromatic heterocycles. The van der Waals surface area contributed by atoms with Crippen molar-refractivity contribution >= 4 is 11.6 Å². The van der Waals surface area contributed by atoms with Crippen molar-refractivity contribution in [2.24, 2.45) is 0 Å². The second-order valence-electron chi connectivity index (χ2n) is 6.92. The SMILES string of the molecule is COc1ccccc1OCC(=O)NCCCN1CCN(c2ccccc2F)CC1. The molecule has 7 heteroatoms. The summed E-state index contributed by atoms with van der Waals surface area (Å²) in [5, 5.41) is 2.88. The fraction of sp³-hybridized carbons (Fsp3) is 0.409. The summed E-state index contributed by atoms with van der Waals surface area (Å²) in [7, 11) is 1.57. The van der Waals surface area contributed by atoms with Crippen LogP contribution in [0, 0.1) is 5.82 Å². The molecular weight excluding hydrogens is 373 g/mol. The number of piperazine rings is 1. The third-order valence-electron chi connectivity index (χ3n) is 4.97. The van der Waals surface area contributed by atoms with E-state index in [1.165, 1.54) is 6.07 Å².